The molecule has 33 heavy (non-hydrogen) atoms. The van der Waals surface area contributed by atoms with Crippen molar-refractivity contribution in [3.63, 3.8) is 0 Å². The molecule has 3 aromatic rings. The second kappa shape index (κ2) is 8.90. The summed E-state index contributed by atoms with van der Waals surface area (Å²) in [4.78, 5) is 29.2. The molecule has 1 N–H and O–H groups in total. The van der Waals surface area contributed by atoms with Gasteiger partial charge in [-0.1, -0.05) is 12.1 Å². The van der Waals surface area contributed by atoms with E-state index in [-0.39, 0.29) is 17.0 Å². The van der Waals surface area contributed by atoms with Gasteiger partial charge in [0.05, 0.1) is 23.6 Å². The zero-order valence-electron chi connectivity index (χ0n) is 18.1. The normalized spacial score (nSPS) is 15.9. The molecule has 2 heterocycles. The Bertz CT molecular complexity index is 1220. The van der Waals surface area contributed by atoms with E-state index < -0.39 is 35.1 Å². The Labute approximate surface area is 189 Å². The van der Waals surface area contributed by atoms with Gasteiger partial charge in [0.15, 0.2) is 11.5 Å². The molecule has 0 saturated heterocycles. The second-order valence-electron chi connectivity index (χ2n) is 7.51. The first-order chi connectivity index (χ1) is 15.9. The van der Waals surface area contributed by atoms with Gasteiger partial charge in [-0.3, -0.25) is 14.5 Å². The van der Waals surface area contributed by atoms with Crippen LogP contribution in [0.15, 0.2) is 76.6 Å². The molecule has 4 rings (SSSR count). The van der Waals surface area contributed by atoms with E-state index in [1.165, 1.54) is 18.4 Å². The number of amides is 1. The van der Waals surface area contributed by atoms with Gasteiger partial charge in [-0.15, -0.1) is 0 Å². The van der Waals surface area contributed by atoms with Crippen molar-refractivity contribution >= 4 is 23.1 Å². The van der Waals surface area contributed by atoms with Crippen molar-refractivity contribution in [2.24, 2.45) is 0 Å². The highest BCUT2D eigenvalue weighted by atomic mass is 19.1. The lowest BCUT2D eigenvalue weighted by Gasteiger charge is -2.28. The lowest BCUT2D eigenvalue weighted by atomic mass is 9.94. The van der Waals surface area contributed by atoms with E-state index in [9.17, 15) is 23.5 Å². The molecule has 1 unspecified atom stereocenters. The van der Waals surface area contributed by atoms with E-state index in [0.717, 1.165) is 41.9 Å². The molecule has 170 valence electrons. The number of anilines is 2. The Morgan fingerprint density at radius 3 is 2.39 bits per heavy atom. The molecular weight excluding hydrogens is 430 g/mol. The van der Waals surface area contributed by atoms with Crippen molar-refractivity contribution in [1.29, 1.82) is 0 Å². The topological polar surface area (TPSA) is 74.0 Å². The number of hydrogen-bond donors (Lipinski definition) is 1. The number of Topliss-reactive ketones (excluding diaryl/α,β-unsaturated/α-hetero) is 1. The van der Waals surface area contributed by atoms with E-state index in [4.69, 9.17) is 4.42 Å². The Balaban J connectivity index is 1.87. The fraction of sp³-hybridized carbons (Fsp3) is 0.200. The maximum atomic E-state index is 14.7. The zero-order valence-corrected chi connectivity index (χ0v) is 18.1. The zero-order chi connectivity index (χ0) is 23.7. The number of furan rings is 1. The van der Waals surface area contributed by atoms with Crippen LogP contribution in [0.1, 0.15) is 36.0 Å². The number of hydrogen-bond acceptors (Lipinski definition) is 5. The first-order valence-corrected chi connectivity index (χ1v) is 10.5. The van der Waals surface area contributed by atoms with Crippen LogP contribution in [0.3, 0.4) is 0 Å². The third kappa shape index (κ3) is 3.88. The van der Waals surface area contributed by atoms with Crippen LogP contribution < -0.4 is 9.80 Å². The summed E-state index contributed by atoms with van der Waals surface area (Å²) in [6.07, 6.45) is 1.29. The maximum absolute atomic E-state index is 14.7. The monoisotopic (exact) mass is 452 g/mol. The first-order valence-electron chi connectivity index (χ1n) is 10.5. The number of aliphatic hydroxyl groups is 1. The SMILES string of the molecule is CCN(CC)c1ccc(C2C(C(=O)c3ccco3)=C(O)C(=O)N2c2cc(F)ccc2F)cc1. The molecule has 0 bridgehead atoms. The molecule has 1 amide bonds. The van der Waals surface area contributed by atoms with Crippen molar-refractivity contribution in [1.82, 2.24) is 0 Å². The van der Waals surface area contributed by atoms with Crippen LogP contribution >= 0.6 is 0 Å². The van der Waals surface area contributed by atoms with Crippen LogP contribution in [0.4, 0.5) is 20.2 Å². The van der Waals surface area contributed by atoms with E-state index >= 15 is 0 Å². The number of rotatable bonds is 7. The lowest BCUT2D eigenvalue weighted by Crippen LogP contribution is -2.32. The van der Waals surface area contributed by atoms with E-state index in [0.29, 0.717) is 5.56 Å². The predicted octanol–water partition coefficient (Wildman–Crippen LogP) is 5.19. The first kappa shape index (κ1) is 22.3. The summed E-state index contributed by atoms with van der Waals surface area (Å²) in [6, 6.07) is 11.4. The van der Waals surface area contributed by atoms with Crippen molar-refractivity contribution in [2.75, 3.05) is 22.9 Å². The highest BCUT2D eigenvalue weighted by Gasteiger charge is 2.46. The standard InChI is InChI=1S/C25H22F2N2O4/c1-3-28(4-2)17-10-7-15(8-11-17)22-21(23(30)20-6-5-13-33-20)24(31)25(32)29(22)19-14-16(26)9-12-18(19)27/h5-14,22,31H,3-4H2,1-2H3. The van der Waals surface area contributed by atoms with Gasteiger partial charge in [-0.05, 0) is 55.8 Å². The van der Waals surface area contributed by atoms with Crippen LogP contribution in [-0.2, 0) is 4.79 Å². The molecule has 1 atom stereocenters. The number of nitrogens with zero attached hydrogens (tertiary/aromatic N) is 2. The summed E-state index contributed by atoms with van der Waals surface area (Å²) in [5.74, 6) is -4.28. The summed E-state index contributed by atoms with van der Waals surface area (Å²) in [5, 5.41) is 10.7. The molecule has 1 aliphatic heterocycles. The highest BCUT2D eigenvalue weighted by Crippen LogP contribution is 2.43. The van der Waals surface area contributed by atoms with Crippen molar-refractivity contribution in [2.45, 2.75) is 19.9 Å². The number of benzene rings is 2. The highest BCUT2D eigenvalue weighted by molar-refractivity contribution is 6.20. The van der Waals surface area contributed by atoms with Crippen molar-refractivity contribution < 1.29 is 27.9 Å². The van der Waals surface area contributed by atoms with Gasteiger partial charge >= 0.3 is 0 Å². The van der Waals surface area contributed by atoms with Gasteiger partial charge < -0.3 is 14.4 Å². The minimum Gasteiger partial charge on any atom is -0.503 e. The Kier molecular flexibility index (Phi) is 6.00. The summed E-state index contributed by atoms with van der Waals surface area (Å²) < 4.78 is 33.9. The minimum atomic E-state index is -1.18. The van der Waals surface area contributed by atoms with Crippen LogP contribution in [0.2, 0.25) is 0 Å². The lowest BCUT2D eigenvalue weighted by molar-refractivity contribution is -0.117. The number of aliphatic hydroxyl groups excluding tert-OH is 1. The third-order valence-electron chi connectivity index (χ3n) is 5.70. The second-order valence-corrected chi connectivity index (χ2v) is 7.51. The Hall–Kier alpha value is -3.94. The van der Waals surface area contributed by atoms with Crippen LogP contribution in [0, 0.1) is 11.6 Å². The maximum Gasteiger partial charge on any atom is 0.294 e. The molecule has 0 spiro atoms. The molecular formula is C25H22F2N2O4. The van der Waals surface area contributed by atoms with Gasteiger partial charge in [0, 0.05) is 24.8 Å². The summed E-state index contributed by atoms with van der Waals surface area (Å²) in [6.45, 7) is 5.59. The number of carbonyl (C=O) groups is 2. The summed E-state index contributed by atoms with van der Waals surface area (Å²) in [7, 11) is 0. The fourth-order valence-corrected chi connectivity index (χ4v) is 4.07. The molecule has 0 fully saturated rings. The largest absolute Gasteiger partial charge is 0.503 e. The molecule has 2 aromatic carbocycles. The van der Waals surface area contributed by atoms with Gasteiger partial charge in [-0.25, -0.2) is 8.78 Å². The van der Waals surface area contributed by atoms with Crippen molar-refractivity contribution in [3.05, 3.63) is 95.2 Å². The van der Waals surface area contributed by atoms with Gasteiger partial charge in [0.25, 0.3) is 5.91 Å². The van der Waals surface area contributed by atoms with Crippen molar-refractivity contribution in [3.8, 4) is 0 Å². The third-order valence-corrected chi connectivity index (χ3v) is 5.70. The van der Waals surface area contributed by atoms with Crippen LogP contribution in [-0.4, -0.2) is 29.9 Å². The van der Waals surface area contributed by atoms with Gasteiger partial charge in [-0.2, -0.15) is 0 Å². The number of halogens is 2. The molecule has 1 aliphatic rings. The summed E-state index contributed by atoms with van der Waals surface area (Å²) >= 11 is 0. The molecule has 0 aliphatic carbocycles. The molecule has 6 nitrogen and oxygen atoms in total. The average molecular weight is 452 g/mol. The van der Waals surface area contributed by atoms with Crippen LogP contribution in [0.5, 0.6) is 0 Å². The Morgan fingerprint density at radius 2 is 1.79 bits per heavy atom. The van der Waals surface area contributed by atoms with E-state index in [1.54, 1.807) is 12.1 Å². The minimum absolute atomic E-state index is 0.0873. The molecule has 0 radical (unpaired) electrons. The smallest absolute Gasteiger partial charge is 0.294 e. The van der Waals surface area contributed by atoms with Crippen LogP contribution in [0.25, 0.3) is 0 Å². The molecule has 1 aromatic heterocycles. The number of ketones is 1. The van der Waals surface area contributed by atoms with Gasteiger partial charge in [0.1, 0.15) is 11.6 Å². The van der Waals surface area contributed by atoms with Gasteiger partial charge in [0.2, 0.25) is 5.78 Å². The van der Waals surface area contributed by atoms with E-state index in [1.807, 2.05) is 26.0 Å². The quantitative estimate of drug-likeness (QED) is 0.500. The molecule has 8 heteroatoms. The number of carbonyl (C=O) groups excluding carboxylic acids is 2. The fourth-order valence-electron chi connectivity index (χ4n) is 4.07. The average Bonchev–Trinajstić information content (AvgIpc) is 3.44. The van der Waals surface area contributed by atoms with E-state index in [2.05, 4.69) is 4.90 Å². The predicted molar refractivity (Wildman–Crippen MR) is 119 cm³/mol. The Morgan fingerprint density at radius 1 is 1.09 bits per heavy atom. The molecule has 0 saturated carbocycles. The summed E-state index contributed by atoms with van der Waals surface area (Å²) in [5.41, 5.74) is 0.714.